The predicted molar refractivity (Wildman–Crippen MR) is 107 cm³/mol. The van der Waals surface area contributed by atoms with Crippen LogP contribution in [0.15, 0.2) is 44.7 Å². The van der Waals surface area contributed by atoms with Gasteiger partial charge in [0.2, 0.25) is 0 Å². The molecular formula is C15H20N6OS2. The summed E-state index contributed by atoms with van der Waals surface area (Å²) in [5.74, 6) is -0.00499. The summed E-state index contributed by atoms with van der Waals surface area (Å²) < 4.78 is 0. The highest BCUT2D eigenvalue weighted by Gasteiger charge is 2.09. The van der Waals surface area contributed by atoms with Crippen LogP contribution in [0.1, 0.15) is 29.8 Å². The molecule has 0 aromatic heterocycles. The van der Waals surface area contributed by atoms with Gasteiger partial charge >= 0.3 is 0 Å². The number of hydrogen-bond donors (Lipinski definition) is 4. The minimum absolute atomic E-state index is 0.00499. The number of Topliss-reactive ketones (excluding diaryl/α,β-unsaturated/α-hetero) is 1. The zero-order valence-corrected chi connectivity index (χ0v) is 15.7. The van der Waals surface area contributed by atoms with E-state index in [-0.39, 0.29) is 5.78 Å². The molecule has 7 nitrogen and oxygen atoms in total. The Labute approximate surface area is 152 Å². The van der Waals surface area contributed by atoms with Crippen LogP contribution in [-0.4, -0.2) is 41.6 Å². The maximum atomic E-state index is 11.4. The maximum absolute atomic E-state index is 11.4. The highest BCUT2D eigenvalue weighted by atomic mass is 32.1. The number of hydrogen-bond acceptors (Lipinski definition) is 5. The molecule has 0 fully saturated rings. The van der Waals surface area contributed by atoms with Crippen LogP contribution in [0.25, 0.3) is 0 Å². The number of carbonyl (C=O) groups excluding carboxylic acids is 1. The Morgan fingerprint density at radius 2 is 1.29 bits per heavy atom. The monoisotopic (exact) mass is 364 g/mol. The fraction of sp³-hybridized carbons (Fsp3) is 0.267. The molecule has 0 bridgehead atoms. The Morgan fingerprint density at radius 3 is 1.75 bits per heavy atom. The summed E-state index contributed by atoms with van der Waals surface area (Å²) in [7, 11) is 3.38. The van der Waals surface area contributed by atoms with E-state index in [0.29, 0.717) is 27.3 Å². The molecule has 0 unspecified atom stereocenters. The van der Waals surface area contributed by atoms with Crippen LogP contribution in [0.2, 0.25) is 0 Å². The molecule has 0 aliphatic carbocycles. The average Bonchev–Trinajstić information content (AvgIpc) is 2.59. The van der Waals surface area contributed by atoms with Gasteiger partial charge in [-0.1, -0.05) is 24.3 Å². The fourth-order valence-electron chi connectivity index (χ4n) is 1.57. The van der Waals surface area contributed by atoms with E-state index in [1.165, 1.54) is 6.92 Å². The number of benzene rings is 1. The van der Waals surface area contributed by atoms with Crippen molar-refractivity contribution < 1.29 is 4.79 Å². The molecule has 0 amide bonds. The SMILES string of the molecule is CN/C(S)=N/N=C(C)/C(=N/N=C(\S)NC)c1ccc(C(C)=O)cc1. The van der Waals surface area contributed by atoms with Crippen LogP contribution < -0.4 is 10.6 Å². The Bertz CT molecular complexity index is 707. The third-order valence-corrected chi connectivity index (χ3v) is 3.52. The second-order valence-corrected chi connectivity index (χ2v) is 5.46. The summed E-state index contributed by atoms with van der Waals surface area (Å²) in [6.45, 7) is 3.27. The first-order valence-electron chi connectivity index (χ1n) is 7.02. The lowest BCUT2D eigenvalue weighted by atomic mass is 10.0. The van der Waals surface area contributed by atoms with Crippen molar-refractivity contribution in [1.82, 2.24) is 10.6 Å². The van der Waals surface area contributed by atoms with Crippen LogP contribution in [0.4, 0.5) is 0 Å². The molecule has 0 saturated heterocycles. The Balaban J connectivity index is 3.30. The zero-order chi connectivity index (χ0) is 18.1. The lowest BCUT2D eigenvalue weighted by molar-refractivity contribution is 0.101. The molecule has 1 aromatic carbocycles. The molecular weight excluding hydrogens is 344 g/mol. The third-order valence-electron chi connectivity index (χ3n) is 2.89. The number of rotatable bonds is 5. The minimum Gasteiger partial charge on any atom is -0.366 e. The quantitative estimate of drug-likeness (QED) is 0.212. The van der Waals surface area contributed by atoms with E-state index in [1.54, 1.807) is 45.3 Å². The summed E-state index contributed by atoms with van der Waals surface area (Å²) in [6, 6.07) is 7.02. The van der Waals surface area contributed by atoms with Gasteiger partial charge in [0.15, 0.2) is 16.1 Å². The molecule has 2 N–H and O–H groups in total. The Kier molecular flexibility index (Phi) is 8.20. The van der Waals surface area contributed by atoms with Gasteiger partial charge in [0.1, 0.15) is 5.71 Å². The Morgan fingerprint density at radius 1 is 0.833 bits per heavy atom. The van der Waals surface area contributed by atoms with Gasteiger partial charge in [-0.25, -0.2) is 0 Å². The van der Waals surface area contributed by atoms with Crippen LogP contribution in [0, 0.1) is 0 Å². The largest absolute Gasteiger partial charge is 0.366 e. The van der Waals surface area contributed by atoms with Crippen LogP contribution >= 0.6 is 25.3 Å². The van der Waals surface area contributed by atoms with Crippen molar-refractivity contribution >= 4 is 52.8 Å². The first kappa shape index (κ1) is 19.9. The number of nitrogens with zero attached hydrogens (tertiary/aromatic N) is 4. The number of thiol groups is 2. The van der Waals surface area contributed by atoms with E-state index in [0.717, 1.165) is 5.56 Å². The Hall–Kier alpha value is -2.13. The predicted octanol–water partition coefficient (Wildman–Crippen LogP) is 1.98. The van der Waals surface area contributed by atoms with Crippen molar-refractivity contribution in [3.63, 3.8) is 0 Å². The second-order valence-electron chi connectivity index (χ2n) is 4.61. The highest BCUT2D eigenvalue weighted by molar-refractivity contribution is 7.97. The van der Waals surface area contributed by atoms with E-state index in [2.05, 4.69) is 56.3 Å². The summed E-state index contributed by atoms with van der Waals surface area (Å²) in [5.41, 5.74) is 2.41. The van der Waals surface area contributed by atoms with Gasteiger partial charge in [0, 0.05) is 25.2 Å². The maximum Gasteiger partial charge on any atom is 0.179 e. The first-order chi connectivity index (χ1) is 11.4. The van der Waals surface area contributed by atoms with Crippen LogP contribution in [0.3, 0.4) is 0 Å². The van der Waals surface area contributed by atoms with Crippen molar-refractivity contribution in [2.45, 2.75) is 13.8 Å². The van der Waals surface area contributed by atoms with E-state index in [9.17, 15) is 4.79 Å². The number of carbonyl (C=O) groups is 1. The van der Waals surface area contributed by atoms with E-state index in [1.807, 2.05) is 0 Å². The average molecular weight is 365 g/mol. The lowest BCUT2D eigenvalue weighted by Gasteiger charge is -2.05. The molecule has 9 heteroatoms. The van der Waals surface area contributed by atoms with Crippen molar-refractivity contribution in [3.8, 4) is 0 Å². The molecule has 0 radical (unpaired) electrons. The number of nitrogens with one attached hydrogen (secondary N) is 2. The first-order valence-corrected chi connectivity index (χ1v) is 7.91. The highest BCUT2D eigenvalue weighted by Crippen LogP contribution is 2.09. The third kappa shape index (κ3) is 6.17. The van der Waals surface area contributed by atoms with E-state index >= 15 is 0 Å². The van der Waals surface area contributed by atoms with E-state index in [4.69, 9.17) is 0 Å². The van der Waals surface area contributed by atoms with Gasteiger partial charge < -0.3 is 10.6 Å². The van der Waals surface area contributed by atoms with Crippen molar-refractivity contribution in [2.24, 2.45) is 20.4 Å². The lowest BCUT2D eigenvalue weighted by Crippen LogP contribution is -2.15. The van der Waals surface area contributed by atoms with Crippen molar-refractivity contribution in [3.05, 3.63) is 35.4 Å². The molecule has 24 heavy (non-hydrogen) atoms. The van der Waals surface area contributed by atoms with Gasteiger partial charge in [0.05, 0.1) is 5.71 Å². The van der Waals surface area contributed by atoms with Gasteiger partial charge in [-0.2, -0.15) is 5.10 Å². The molecule has 128 valence electrons. The molecule has 0 heterocycles. The van der Waals surface area contributed by atoms with Gasteiger partial charge in [-0.15, -0.1) is 40.6 Å². The van der Waals surface area contributed by atoms with Crippen LogP contribution in [0.5, 0.6) is 0 Å². The van der Waals surface area contributed by atoms with E-state index < -0.39 is 0 Å². The molecule has 0 atom stereocenters. The summed E-state index contributed by atoms with van der Waals surface area (Å²) in [5, 5.41) is 22.4. The molecule has 0 saturated carbocycles. The summed E-state index contributed by atoms with van der Waals surface area (Å²) >= 11 is 8.23. The molecule has 0 aliphatic rings. The molecule has 0 aliphatic heterocycles. The molecule has 1 aromatic rings. The molecule has 0 spiro atoms. The fourth-order valence-corrected chi connectivity index (χ4v) is 1.66. The van der Waals surface area contributed by atoms with Crippen molar-refractivity contribution in [2.75, 3.05) is 14.1 Å². The van der Waals surface area contributed by atoms with Crippen LogP contribution in [-0.2, 0) is 0 Å². The summed E-state index contributed by atoms with van der Waals surface area (Å²) in [4.78, 5) is 11.4. The van der Waals surface area contributed by atoms with Crippen molar-refractivity contribution in [1.29, 1.82) is 0 Å². The van der Waals surface area contributed by atoms with Gasteiger partial charge in [-0.3, -0.25) is 4.79 Å². The molecule has 1 rings (SSSR count). The minimum atomic E-state index is -0.00499. The summed E-state index contributed by atoms with van der Waals surface area (Å²) in [6.07, 6.45) is 0. The zero-order valence-electron chi connectivity index (χ0n) is 13.9. The normalized spacial score (nSPS) is 13.8. The standard InChI is InChI=1S/C15H20N6OS2/c1-9(18-20-14(23)16-3)13(19-21-15(24)17-4)12-7-5-11(6-8-12)10(2)22/h5-8H,1-4H3,(H2,16,20,23)(H2,17,21,24)/b18-9+,19-13-. The second kappa shape index (κ2) is 9.89. The number of ketones is 1. The smallest absolute Gasteiger partial charge is 0.179 e. The van der Waals surface area contributed by atoms with Gasteiger partial charge in [-0.05, 0) is 13.8 Å². The van der Waals surface area contributed by atoms with Gasteiger partial charge in [0.25, 0.3) is 0 Å². The topological polar surface area (TPSA) is 90.6 Å². The number of amidine groups is 2.